The SMILES string of the molecule is CCc1cccc(-c2cnc(C(=O)NCCOCCNCC(=O)N3CCN(C(=O)c4cc(Cc5n[nH]c(=O)c6ccccc56)ccc4F)CC3)c(C(F)(F)F)c2)c1. The predicted octanol–water partition coefficient (Wildman–Crippen LogP) is 4.62. The van der Waals surface area contributed by atoms with Crippen molar-refractivity contribution in [1.82, 2.24) is 35.6 Å². The molecule has 3 amide bonds. The van der Waals surface area contributed by atoms with Gasteiger partial charge in [-0.15, -0.1) is 0 Å². The molecular weight excluding hydrogens is 746 g/mol. The molecule has 1 saturated heterocycles. The minimum Gasteiger partial charge on any atom is -0.378 e. The number of alkyl halides is 3. The number of H-pyrrole nitrogens is 1. The van der Waals surface area contributed by atoms with Gasteiger partial charge in [0.2, 0.25) is 5.91 Å². The standard InChI is InChI=1S/C41H41F4N7O5/c1-2-26-6-5-7-28(20-26)29-23-33(41(43,44)45)37(48-24-29)39(55)47-13-19-57-18-12-46-25-36(53)51-14-16-52(17-15-51)40(56)32-21-27(10-11-34(32)42)22-35-30-8-3-4-9-31(30)38(54)50-49-35/h3-11,20-21,23-24,46H,2,12-19,22,25H2,1H3,(H,47,55)(H,50,54). The highest BCUT2D eigenvalue weighted by molar-refractivity contribution is 5.95. The Hall–Kier alpha value is -6.00. The minimum absolute atomic E-state index is 0.00279. The lowest BCUT2D eigenvalue weighted by Gasteiger charge is -2.35. The first kappa shape index (κ1) is 40.7. The average Bonchev–Trinajstić information content (AvgIpc) is 3.22. The molecule has 0 atom stereocenters. The molecule has 3 heterocycles. The summed E-state index contributed by atoms with van der Waals surface area (Å²) in [6.45, 7) is 3.32. The Morgan fingerprint density at radius 3 is 2.35 bits per heavy atom. The molecule has 0 radical (unpaired) electrons. The number of aromatic nitrogens is 3. The second-order valence-corrected chi connectivity index (χ2v) is 13.4. The van der Waals surface area contributed by atoms with Gasteiger partial charge in [-0.2, -0.15) is 18.3 Å². The monoisotopic (exact) mass is 787 g/mol. The number of pyridine rings is 1. The summed E-state index contributed by atoms with van der Waals surface area (Å²) in [7, 11) is 0. The maximum absolute atomic E-state index is 14.9. The number of fused-ring (bicyclic) bond motifs is 1. The van der Waals surface area contributed by atoms with Gasteiger partial charge < -0.3 is 25.2 Å². The van der Waals surface area contributed by atoms with Crippen molar-refractivity contribution in [2.75, 3.05) is 59.0 Å². The van der Waals surface area contributed by atoms with Crippen molar-refractivity contribution >= 4 is 28.5 Å². The number of ether oxygens (including phenoxy) is 1. The van der Waals surface area contributed by atoms with E-state index in [4.69, 9.17) is 4.74 Å². The molecule has 0 spiro atoms. The number of amides is 3. The molecule has 3 aromatic carbocycles. The molecule has 12 nitrogen and oxygen atoms in total. The van der Waals surface area contributed by atoms with Crippen molar-refractivity contribution in [3.05, 3.63) is 129 Å². The van der Waals surface area contributed by atoms with E-state index in [-0.39, 0.29) is 81.5 Å². The summed E-state index contributed by atoms with van der Waals surface area (Å²) in [5.41, 5.74) is 0.752. The van der Waals surface area contributed by atoms with Crippen LogP contribution in [0.4, 0.5) is 17.6 Å². The fourth-order valence-electron chi connectivity index (χ4n) is 6.54. The minimum atomic E-state index is -4.79. The number of nitrogens with one attached hydrogen (secondary N) is 3. The number of hydrogen-bond acceptors (Lipinski definition) is 8. The van der Waals surface area contributed by atoms with E-state index in [2.05, 4.69) is 25.8 Å². The zero-order valence-electron chi connectivity index (χ0n) is 31.1. The molecule has 0 unspecified atom stereocenters. The summed E-state index contributed by atoms with van der Waals surface area (Å²) >= 11 is 0. The highest BCUT2D eigenvalue weighted by atomic mass is 19.4. The van der Waals surface area contributed by atoms with Crippen LogP contribution in [0.5, 0.6) is 0 Å². The second-order valence-electron chi connectivity index (χ2n) is 13.4. The Morgan fingerprint density at radius 2 is 1.60 bits per heavy atom. The van der Waals surface area contributed by atoms with Crippen LogP contribution in [0, 0.1) is 5.82 Å². The summed E-state index contributed by atoms with van der Waals surface area (Å²) in [4.78, 5) is 57.9. The molecule has 57 heavy (non-hydrogen) atoms. The summed E-state index contributed by atoms with van der Waals surface area (Å²) in [6.07, 6.45) is -2.56. The van der Waals surface area contributed by atoms with Gasteiger partial charge in [0.15, 0.2) is 0 Å². The number of aromatic amines is 1. The number of piperazine rings is 1. The molecule has 5 aromatic rings. The van der Waals surface area contributed by atoms with Gasteiger partial charge >= 0.3 is 6.18 Å². The Bertz CT molecular complexity index is 2310. The van der Waals surface area contributed by atoms with Gasteiger partial charge in [-0.25, -0.2) is 14.5 Å². The summed E-state index contributed by atoms with van der Waals surface area (Å²) in [5, 5.41) is 13.2. The Labute approximate surface area is 325 Å². The first-order valence-electron chi connectivity index (χ1n) is 18.5. The number of carbonyl (C=O) groups is 3. The van der Waals surface area contributed by atoms with Gasteiger partial charge in [-0.3, -0.25) is 19.2 Å². The molecule has 0 aliphatic carbocycles. The number of nitrogens with zero attached hydrogens (tertiary/aromatic N) is 4. The quantitative estimate of drug-likeness (QED) is 0.109. The summed E-state index contributed by atoms with van der Waals surface area (Å²) in [6, 6.07) is 19.4. The molecule has 6 rings (SSSR count). The van der Waals surface area contributed by atoms with Crippen LogP contribution in [0.25, 0.3) is 21.9 Å². The van der Waals surface area contributed by atoms with Gasteiger partial charge in [0.25, 0.3) is 17.4 Å². The van der Waals surface area contributed by atoms with Crippen LogP contribution in [0.15, 0.2) is 83.8 Å². The zero-order valence-corrected chi connectivity index (χ0v) is 31.1. The van der Waals surface area contributed by atoms with Gasteiger partial charge in [-0.1, -0.05) is 55.5 Å². The molecule has 298 valence electrons. The third-order valence-corrected chi connectivity index (χ3v) is 9.64. The third kappa shape index (κ3) is 10.1. The van der Waals surface area contributed by atoms with Crippen LogP contribution < -0.4 is 16.2 Å². The molecule has 1 aliphatic rings. The lowest BCUT2D eigenvalue weighted by Crippen LogP contribution is -2.52. The van der Waals surface area contributed by atoms with Gasteiger partial charge in [0.05, 0.1) is 42.0 Å². The third-order valence-electron chi connectivity index (χ3n) is 9.64. The Balaban J connectivity index is 0.901. The van der Waals surface area contributed by atoms with Crippen molar-refractivity contribution in [3.8, 4) is 11.1 Å². The molecule has 3 N–H and O–H groups in total. The lowest BCUT2D eigenvalue weighted by atomic mass is 10.0. The smallest absolute Gasteiger partial charge is 0.378 e. The summed E-state index contributed by atoms with van der Waals surface area (Å²) < 4.78 is 62.1. The van der Waals surface area contributed by atoms with E-state index in [1.807, 2.05) is 13.0 Å². The topological polar surface area (TPSA) is 150 Å². The van der Waals surface area contributed by atoms with Gasteiger partial charge in [0.1, 0.15) is 11.5 Å². The molecule has 2 aromatic heterocycles. The van der Waals surface area contributed by atoms with Gasteiger partial charge in [-0.05, 0) is 47.4 Å². The number of aryl methyl sites for hydroxylation is 1. The van der Waals surface area contributed by atoms with Crippen molar-refractivity contribution in [2.45, 2.75) is 25.9 Å². The first-order chi connectivity index (χ1) is 27.4. The highest BCUT2D eigenvalue weighted by Gasteiger charge is 2.37. The number of carbonyl (C=O) groups excluding carboxylic acids is 3. The molecular formula is C41H41F4N7O5. The maximum atomic E-state index is 14.9. The van der Waals surface area contributed by atoms with E-state index in [0.29, 0.717) is 34.1 Å². The van der Waals surface area contributed by atoms with Crippen LogP contribution in [0.2, 0.25) is 0 Å². The van der Waals surface area contributed by atoms with Crippen molar-refractivity contribution in [1.29, 1.82) is 0 Å². The fourth-order valence-corrected chi connectivity index (χ4v) is 6.54. The molecule has 16 heteroatoms. The normalized spacial score (nSPS) is 13.2. The lowest BCUT2D eigenvalue weighted by molar-refractivity contribution is -0.138. The molecule has 1 fully saturated rings. The number of hydrogen-bond donors (Lipinski definition) is 3. The van der Waals surface area contributed by atoms with Crippen molar-refractivity contribution in [3.63, 3.8) is 0 Å². The number of halogens is 4. The van der Waals surface area contributed by atoms with Crippen LogP contribution in [-0.4, -0.2) is 102 Å². The largest absolute Gasteiger partial charge is 0.418 e. The van der Waals surface area contributed by atoms with E-state index in [0.717, 1.165) is 18.1 Å². The number of rotatable bonds is 14. The summed E-state index contributed by atoms with van der Waals surface area (Å²) in [5.74, 6) is -2.32. The second kappa shape index (κ2) is 18.3. The fraction of sp³-hybridized carbons (Fsp3) is 0.317. The van der Waals surface area contributed by atoms with Crippen LogP contribution in [0.1, 0.15) is 50.2 Å². The van der Waals surface area contributed by atoms with E-state index < -0.39 is 35.1 Å². The van der Waals surface area contributed by atoms with Crippen molar-refractivity contribution < 1.29 is 36.7 Å². The van der Waals surface area contributed by atoms with E-state index in [9.17, 15) is 36.7 Å². The highest BCUT2D eigenvalue weighted by Crippen LogP contribution is 2.34. The molecule has 0 bridgehead atoms. The van der Waals surface area contributed by atoms with Crippen LogP contribution in [0.3, 0.4) is 0 Å². The van der Waals surface area contributed by atoms with Gasteiger partial charge in [0, 0.05) is 62.8 Å². The van der Waals surface area contributed by atoms with Crippen molar-refractivity contribution in [2.24, 2.45) is 0 Å². The average molecular weight is 788 g/mol. The first-order valence-corrected chi connectivity index (χ1v) is 18.5. The molecule has 0 saturated carbocycles. The van der Waals surface area contributed by atoms with Crippen LogP contribution >= 0.6 is 0 Å². The Kier molecular flexibility index (Phi) is 13.1. The van der Waals surface area contributed by atoms with E-state index >= 15 is 0 Å². The number of benzene rings is 3. The molecule has 1 aliphatic heterocycles. The zero-order chi connectivity index (χ0) is 40.5. The Morgan fingerprint density at radius 1 is 0.860 bits per heavy atom. The maximum Gasteiger partial charge on any atom is 0.418 e. The van der Waals surface area contributed by atoms with E-state index in [1.54, 1.807) is 53.4 Å². The predicted molar refractivity (Wildman–Crippen MR) is 204 cm³/mol. The van der Waals surface area contributed by atoms with E-state index in [1.165, 1.54) is 23.2 Å². The van der Waals surface area contributed by atoms with Crippen LogP contribution in [-0.2, 0) is 28.5 Å².